The predicted molar refractivity (Wildman–Crippen MR) is 83.3 cm³/mol. The molecule has 1 aromatic rings. The van der Waals surface area contributed by atoms with Gasteiger partial charge in [0.2, 0.25) is 10.0 Å². The fourth-order valence-corrected chi connectivity index (χ4v) is 4.77. The topological polar surface area (TPSA) is 37.4 Å². The summed E-state index contributed by atoms with van der Waals surface area (Å²) in [5.41, 5.74) is 0. The summed E-state index contributed by atoms with van der Waals surface area (Å²) in [5.74, 6) is 0.553. The minimum Gasteiger partial charge on any atom is -0.207 e. The lowest BCUT2D eigenvalue weighted by Gasteiger charge is -2.24. The summed E-state index contributed by atoms with van der Waals surface area (Å²) in [4.78, 5) is 0.199. The highest BCUT2D eigenvalue weighted by atomic mass is 35.5. The Hall–Kier alpha value is -0.000000000000000111. The summed E-state index contributed by atoms with van der Waals surface area (Å²) in [5, 5.41) is 0.606. The zero-order chi connectivity index (χ0) is 14.8. The summed E-state index contributed by atoms with van der Waals surface area (Å²) in [7, 11) is -3.51. The first kappa shape index (κ1) is 16.4. The molecule has 1 saturated heterocycles. The molecule has 1 aliphatic heterocycles. The third-order valence-electron chi connectivity index (χ3n) is 3.49. The number of hydrogen-bond acceptors (Lipinski definition) is 2. The van der Waals surface area contributed by atoms with Gasteiger partial charge in [-0.3, -0.25) is 0 Å². The van der Waals surface area contributed by atoms with Gasteiger partial charge < -0.3 is 0 Å². The van der Waals surface area contributed by atoms with Crippen LogP contribution in [0.4, 0.5) is 0 Å². The molecular formula is C13H16Cl3NO2S. The van der Waals surface area contributed by atoms with E-state index >= 15 is 0 Å². The van der Waals surface area contributed by atoms with E-state index in [4.69, 9.17) is 34.8 Å². The van der Waals surface area contributed by atoms with Gasteiger partial charge in [0.15, 0.2) is 0 Å². The quantitative estimate of drug-likeness (QED) is 0.743. The van der Waals surface area contributed by atoms with Crippen LogP contribution < -0.4 is 0 Å². The molecule has 0 spiro atoms. The minimum atomic E-state index is -3.51. The SMILES string of the molecule is O=S(=O)(c1ccc(Cl)c(Cl)c1)N1CCCC1CCCCl. The lowest BCUT2D eigenvalue weighted by Crippen LogP contribution is -2.35. The van der Waals surface area contributed by atoms with Crippen molar-refractivity contribution in [1.82, 2.24) is 4.31 Å². The van der Waals surface area contributed by atoms with Crippen LogP contribution in [0.2, 0.25) is 10.0 Å². The van der Waals surface area contributed by atoms with Crippen molar-refractivity contribution in [3.8, 4) is 0 Å². The maximum atomic E-state index is 12.7. The fraction of sp³-hybridized carbons (Fsp3) is 0.538. The van der Waals surface area contributed by atoms with Crippen LogP contribution in [0, 0.1) is 0 Å². The first-order valence-electron chi connectivity index (χ1n) is 6.49. The van der Waals surface area contributed by atoms with E-state index in [-0.39, 0.29) is 16.0 Å². The van der Waals surface area contributed by atoms with Crippen LogP contribution in [-0.2, 0) is 10.0 Å². The highest BCUT2D eigenvalue weighted by molar-refractivity contribution is 7.89. The summed E-state index contributed by atoms with van der Waals surface area (Å²) in [6.45, 7) is 0.551. The zero-order valence-corrected chi connectivity index (χ0v) is 13.9. The van der Waals surface area contributed by atoms with E-state index in [1.165, 1.54) is 18.2 Å². The third-order valence-corrected chi connectivity index (χ3v) is 6.45. The third kappa shape index (κ3) is 3.42. The Morgan fingerprint density at radius 2 is 2.00 bits per heavy atom. The van der Waals surface area contributed by atoms with Crippen LogP contribution in [0.1, 0.15) is 25.7 Å². The number of rotatable bonds is 5. The highest BCUT2D eigenvalue weighted by Crippen LogP contribution is 2.31. The van der Waals surface area contributed by atoms with E-state index in [1.54, 1.807) is 4.31 Å². The zero-order valence-electron chi connectivity index (χ0n) is 10.9. The van der Waals surface area contributed by atoms with Crippen molar-refractivity contribution in [2.24, 2.45) is 0 Å². The summed E-state index contributed by atoms with van der Waals surface area (Å²) < 4.78 is 26.9. The molecule has 1 unspecified atom stereocenters. The van der Waals surface area contributed by atoms with Gasteiger partial charge in [-0.25, -0.2) is 8.42 Å². The average molecular weight is 357 g/mol. The molecule has 0 bridgehead atoms. The van der Waals surface area contributed by atoms with Crippen molar-refractivity contribution in [3.05, 3.63) is 28.2 Å². The predicted octanol–water partition coefficient (Wildman–Crippen LogP) is 4.17. The number of nitrogens with zero attached hydrogens (tertiary/aromatic N) is 1. The number of hydrogen-bond donors (Lipinski definition) is 0. The molecule has 0 N–H and O–H groups in total. The lowest BCUT2D eigenvalue weighted by molar-refractivity contribution is 0.368. The largest absolute Gasteiger partial charge is 0.243 e. The second-order valence-electron chi connectivity index (χ2n) is 4.82. The second-order valence-corrected chi connectivity index (χ2v) is 7.90. The summed E-state index contributed by atoms with van der Waals surface area (Å²) in [6, 6.07) is 4.46. The molecule has 0 aromatic heterocycles. The standard InChI is InChI=1S/C13H16Cl3NO2S/c14-7-1-3-10-4-2-8-17(10)20(18,19)11-5-6-12(15)13(16)9-11/h5-6,9-10H,1-4,7-8H2. The Kier molecular flexibility index (Phi) is 5.60. The van der Waals surface area contributed by atoms with Gasteiger partial charge in [0.25, 0.3) is 0 Å². The molecule has 1 aliphatic rings. The molecule has 2 rings (SSSR count). The van der Waals surface area contributed by atoms with E-state index in [1.807, 2.05) is 0 Å². The Morgan fingerprint density at radius 1 is 1.25 bits per heavy atom. The van der Waals surface area contributed by atoms with E-state index in [9.17, 15) is 8.42 Å². The van der Waals surface area contributed by atoms with Gasteiger partial charge in [0, 0.05) is 18.5 Å². The maximum absolute atomic E-state index is 12.7. The molecule has 0 radical (unpaired) electrons. The summed E-state index contributed by atoms with van der Waals surface area (Å²) >= 11 is 17.4. The van der Waals surface area contributed by atoms with Crippen LogP contribution in [0.3, 0.4) is 0 Å². The molecule has 0 amide bonds. The van der Waals surface area contributed by atoms with E-state index in [0.717, 1.165) is 25.7 Å². The number of alkyl halides is 1. The van der Waals surface area contributed by atoms with E-state index < -0.39 is 10.0 Å². The number of sulfonamides is 1. The van der Waals surface area contributed by atoms with Gasteiger partial charge in [-0.1, -0.05) is 23.2 Å². The van der Waals surface area contributed by atoms with Crippen molar-refractivity contribution in [2.45, 2.75) is 36.6 Å². The highest BCUT2D eigenvalue weighted by Gasteiger charge is 2.34. The van der Waals surface area contributed by atoms with Crippen molar-refractivity contribution in [2.75, 3.05) is 12.4 Å². The Morgan fingerprint density at radius 3 is 2.65 bits per heavy atom. The number of benzene rings is 1. The molecule has 0 aliphatic carbocycles. The number of halogens is 3. The minimum absolute atomic E-state index is 0.0354. The van der Waals surface area contributed by atoms with E-state index in [0.29, 0.717) is 17.4 Å². The molecule has 1 fully saturated rings. The van der Waals surface area contributed by atoms with Crippen LogP contribution in [0.5, 0.6) is 0 Å². The fourth-order valence-electron chi connectivity index (χ4n) is 2.50. The molecule has 1 atom stereocenters. The Labute approximate surface area is 134 Å². The molecule has 3 nitrogen and oxygen atoms in total. The van der Waals surface area contributed by atoms with Gasteiger partial charge in [-0.2, -0.15) is 4.31 Å². The van der Waals surface area contributed by atoms with Crippen LogP contribution in [0.25, 0.3) is 0 Å². The average Bonchev–Trinajstić information content (AvgIpc) is 2.88. The van der Waals surface area contributed by atoms with E-state index in [2.05, 4.69) is 0 Å². The first-order chi connectivity index (χ1) is 9.46. The molecule has 20 heavy (non-hydrogen) atoms. The van der Waals surface area contributed by atoms with Gasteiger partial charge >= 0.3 is 0 Å². The lowest BCUT2D eigenvalue weighted by atomic mass is 10.1. The Bertz CT molecular complexity index is 577. The van der Waals surface area contributed by atoms with Crippen LogP contribution >= 0.6 is 34.8 Å². The van der Waals surface area contributed by atoms with Crippen molar-refractivity contribution < 1.29 is 8.42 Å². The van der Waals surface area contributed by atoms with Crippen LogP contribution in [-0.4, -0.2) is 31.2 Å². The maximum Gasteiger partial charge on any atom is 0.243 e. The molecule has 1 heterocycles. The monoisotopic (exact) mass is 355 g/mol. The normalized spacial score (nSPS) is 20.4. The molecule has 0 saturated carbocycles. The van der Waals surface area contributed by atoms with Gasteiger partial charge in [-0.05, 0) is 43.9 Å². The summed E-state index contributed by atoms with van der Waals surface area (Å²) in [6.07, 6.45) is 3.38. The molecular weight excluding hydrogens is 341 g/mol. The van der Waals surface area contributed by atoms with Crippen molar-refractivity contribution in [3.63, 3.8) is 0 Å². The molecule has 1 aromatic carbocycles. The van der Waals surface area contributed by atoms with Crippen molar-refractivity contribution in [1.29, 1.82) is 0 Å². The van der Waals surface area contributed by atoms with Gasteiger partial charge in [0.1, 0.15) is 0 Å². The first-order valence-corrected chi connectivity index (χ1v) is 9.22. The van der Waals surface area contributed by atoms with Crippen LogP contribution in [0.15, 0.2) is 23.1 Å². The smallest absolute Gasteiger partial charge is 0.207 e. The molecule has 112 valence electrons. The van der Waals surface area contributed by atoms with Gasteiger partial charge in [-0.15, -0.1) is 11.6 Å². The molecule has 7 heteroatoms. The second kappa shape index (κ2) is 6.84. The Balaban J connectivity index is 2.26. The van der Waals surface area contributed by atoms with Gasteiger partial charge in [0.05, 0.1) is 14.9 Å². The van der Waals surface area contributed by atoms with Crippen molar-refractivity contribution >= 4 is 44.8 Å².